The van der Waals surface area contributed by atoms with E-state index in [1.807, 2.05) is 0 Å². The fourth-order valence-corrected chi connectivity index (χ4v) is 0. The first-order valence-corrected chi connectivity index (χ1v) is 3.85. The van der Waals surface area contributed by atoms with Gasteiger partial charge in [-0.2, -0.15) is 0 Å². The molecule has 0 aliphatic heterocycles. The molecule has 0 amide bonds. The molecule has 0 aliphatic rings. The van der Waals surface area contributed by atoms with Crippen molar-refractivity contribution in [3.8, 4) is 0 Å². The van der Waals surface area contributed by atoms with Crippen LogP contribution in [0.2, 0.25) is 0 Å². The summed E-state index contributed by atoms with van der Waals surface area (Å²) in [7, 11) is 0. The molecule has 0 unspecified atom stereocenters. The van der Waals surface area contributed by atoms with Crippen LogP contribution in [0.1, 0.15) is 0 Å². The molecule has 32 valence electrons. The van der Waals surface area contributed by atoms with E-state index in [9.17, 15) is 0 Å². The summed E-state index contributed by atoms with van der Waals surface area (Å²) in [5.74, 6) is 0. The molecule has 0 heterocycles. The summed E-state index contributed by atoms with van der Waals surface area (Å²) >= 11 is -3.79. The molecule has 0 bridgehead atoms. The molecule has 0 saturated heterocycles. The van der Waals surface area contributed by atoms with Crippen molar-refractivity contribution in [3.05, 3.63) is 0 Å². The zero-order valence-electron chi connectivity index (χ0n) is 2.51. The summed E-state index contributed by atoms with van der Waals surface area (Å²) in [5.41, 5.74) is 0. The van der Waals surface area contributed by atoms with Crippen LogP contribution in [0.3, 0.4) is 0 Å². The van der Waals surface area contributed by atoms with Crippen LogP contribution in [0.4, 0.5) is 0 Å². The van der Waals surface area contributed by atoms with Gasteiger partial charge >= 0.3 is 31.8 Å². The zero-order chi connectivity index (χ0) is 3.58. The van der Waals surface area contributed by atoms with Crippen LogP contribution in [0.5, 0.6) is 0 Å². The van der Waals surface area contributed by atoms with E-state index in [0.717, 1.165) is 0 Å². The Balaban J connectivity index is 0. The van der Waals surface area contributed by atoms with E-state index in [0.29, 0.717) is 0 Å². The second-order valence-electron chi connectivity index (χ2n) is 0.283. The van der Waals surface area contributed by atoms with Crippen molar-refractivity contribution in [1.82, 2.24) is 6.15 Å². The van der Waals surface area contributed by atoms with Gasteiger partial charge in [0.2, 0.25) is 0 Å². The summed E-state index contributed by atoms with van der Waals surface area (Å²) in [4.78, 5) is 0. The molecular weight excluding hydrogens is 153 g/mol. The first kappa shape index (κ1) is 9.12. The number of hydrogen-bond donors (Lipinski definition) is 3. The normalized spacial score (nSPS) is 5.20. The quantitative estimate of drug-likeness (QED) is 0.418. The van der Waals surface area contributed by atoms with Gasteiger partial charge in [0.05, 0.1) is 0 Å². The monoisotopic (exact) mass is 157 g/mol. The van der Waals surface area contributed by atoms with Crippen LogP contribution < -0.4 is 6.15 Å². The fourth-order valence-electron chi connectivity index (χ4n) is 0. The van der Waals surface area contributed by atoms with Gasteiger partial charge in [-0.1, -0.05) is 0 Å². The average Bonchev–Trinajstić information content (AvgIpc) is 0.811. The van der Waals surface area contributed by atoms with Crippen molar-refractivity contribution in [3.63, 3.8) is 0 Å². The van der Waals surface area contributed by atoms with Gasteiger partial charge in [-0.3, -0.25) is 0 Å². The van der Waals surface area contributed by atoms with Crippen LogP contribution >= 0.6 is 0 Å². The van der Waals surface area contributed by atoms with E-state index in [-0.39, 0.29) is 6.15 Å². The maximum absolute atomic E-state index is 8.84. The summed E-state index contributed by atoms with van der Waals surface area (Å²) in [5, 5.41) is 0. The Morgan fingerprint density at radius 1 is 1.40 bits per heavy atom. The Morgan fingerprint density at radius 2 is 1.40 bits per heavy atom. The van der Waals surface area contributed by atoms with E-state index < -0.39 is 22.6 Å². The molecule has 0 saturated carbocycles. The second kappa shape index (κ2) is 4.56. The summed E-state index contributed by atoms with van der Waals surface area (Å²) < 4.78 is 23.3. The van der Waals surface area contributed by atoms with Gasteiger partial charge in [-0.25, -0.2) is 0 Å². The van der Waals surface area contributed by atoms with Crippen molar-refractivity contribution in [2.24, 2.45) is 0 Å². The Kier molecular flexibility index (Phi) is 8.33. The first-order chi connectivity index (χ1) is 1.73. The molecule has 0 fully saturated rings. The van der Waals surface area contributed by atoms with Crippen molar-refractivity contribution in [1.29, 1.82) is 0 Å². The molecule has 0 spiro atoms. The van der Waals surface area contributed by atoms with E-state index in [1.165, 1.54) is 0 Å². The van der Waals surface area contributed by atoms with Gasteiger partial charge in [0.25, 0.3) is 0 Å². The van der Waals surface area contributed by atoms with Crippen molar-refractivity contribution < 1.29 is 31.8 Å². The molecule has 0 rings (SSSR count). The van der Waals surface area contributed by atoms with E-state index in [4.69, 9.17) is 9.18 Å². The molecule has 0 atom stereocenters. The zero-order valence-corrected chi connectivity index (χ0v) is 4.97. The van der Waals surface area contributed by atoms with E-state index in [1.54, 1.807) is 0 Å². The molecule has 0 aromatic rings. The minimum atomic E-state index is -3.79. The van der Waals surface area contributed by atoms with Gasteiger partial charge in [0, 0.05) is 0 Å². The predicted molar refractivity (Wildman–Crippen MR) is 10.1 cm³/mol. The van der Waals surface area contributed by atoms with Crippen molar-refractivity contribution in [2.45, 2.75) is 0 Å². The fraction of sp³-hybridized carbons (Fsp3) is 0. The van der Waals surface area contributed by atoms with Crippen molar-refractivity contribution in [2.75, 3.05) is 0 Å². The third-order valence-electron chi connectivity index (χ3n) is 0. The molecule has 0 radical (unpaired) electrons. The molecule has 5 N–H and O–H groups in total. The maximum atomic E-state index is 8.84. The predicted octanol–water partition coefficient (Wildman–Crippen LogP) is -1.07. The van der Waals surface area contributed by atoms with Crippen LogP contribution in [-0.2, 0) is 25.4 Å². The van der Waals surface area contributed by atoms with Crippen molar-refractivity contribution >= 4 is 0 Å². The molecule has 5 heteroatoms. The molecular formula is H5NO3Zr. The number of rotatable bonds is 0. The van der Waals surface area contributed by atoms with Gasteiger partial charge in [0.1, 0.15) is 0 Å². The number of hydrogen-bond acceptors (Lipinski definition) is 2. The molecule has 0 aromatic carbocycles. The SMILES string of the molecule is N.[O]=[Zr]([OH])[OH]. The summed E-state index contributed by atoms with van der Waals surface area (Å²) in [6.07, 6.45) is 0. The Bertz CT molecular complexity index is 29.9. The van der Waals surface area contributed by atoms with Gasteiger partial charge < -0.3 is 6.15 Å². The standard InChI is InChI=1S/H3N.2H2O.O.Zr/h1H3;2*1H2;;/q;;;;+2/p-2. The Labute approximate surface area is 38.4 Å². The van der Waals surface area contributed by atoms with E-state index >= 15 is 0 Å². The van der Waals surface area contributed by atoms with Crippen LogP contribution in [0.25, 0.3) is 0 Å². The van der Waals surface area contributed by atoms with E-state index in [2.05, 4.69) is 0 Å². The second-order valence-corrected chi connectivity index (χ2v) is 1.67. The first-order valence-electron chi connectivity index (χ1n) is 0.651. The molecule has 4 nitrogen and oxygen atoms in total. The van der Waals surface area contributed by atoms with Crippen LogP contribution in [0.15, 0.2) is 0 Å². The molecule has 5 heavy (non-hydrogen) atoms. The van der Waals surface area contributed by atoms with Crippen LogP contribution in [-0.4, -0.2) is 6.37 Å². The summed E-state index contributed by atoms with van der Waals surface area (Å²) in [6, 6.07) is 0. The Hall–Kier alpha value is 0.563. The van der Waals surface area contributed by atoms with Gasteiger partial charge in [0.15, 0.2) is 0 Å². The Morgan fingerprint density at radius 3 is 1.40 bits per heavy atom. The molecule has 0 aromatic heterocycles. The van der Waals surface area contributed by atoms with Gasteiger partial charge in [-0.05, 0) is 0 Å². The minimum absolute atomic E-state index is 0. The summed E-state index contributed by atoms with van der Waals surface area (Å²) in [6.45, 7) is 0. The molecule has 0 aliphatic carbocycles. The van der Waals surface area contributed by atoms with Gasteiger partial charge in [-0.15, -0.1) is 0 Å². The topological polar surface area (TPSA) is 92.5 Å². The third kappa shape index (κ3) is 94.5. The average molecular weight is 158 g/mol. The third-order valence-corrected chi connectivity index (χ3v) is 0. The van der Waals surface area contributed by atoms with Crippen LogP contribution in [0, 0.1) is 0 Å².